The molecule has 4 heteroatoms. The second-order valence-electron chi connectivity index (χ2n) is 5.84. The standard InChI is InChI=1S/C17H21BrN2O/c1-13-4-3-5-16(14(13)2)20-10-8-19(9-11-20)12-15-6-7-17(18)21-15/h3-7H,8-12H2,1-2H3/p+1. The van der Waals surface area contributed by atoms with Gasteiger partial charge in [-0.1, -0.05) is 12.1 Å². The maximum absolute atomic E-state index is 5.61. The molecular weight excluding hydrogens is 328 g/mol. The first-order valence-electron chi connectivity index (χ1n) is 7.52. The van der Waals surface area contributed by atoms with E-state index in [9.17, 15) is 0 Å². The first-order valence-corrected chi connectivity index (χ1v) is 8.32. The van der Waals surface area contributed by atoms with Gasteiger partial charge in [0, 0.05) is 5.69 Å². The molecule has 1 fully saturated rings. The molecule has 3 rings (SSSR count). The van der Waals surface area contributed by atoms with E-state index in [-0.39, 0.29) is 0 Å². The highest BCUT2D eigenvalue weighted by Crippen LogP contribution is 2.22. The molecule has 0 radical (unpaired) electrons. The Morgan fingerprint density at radius 3 is 2.57 bits per heavy atom. The van der Waals surface area contributed by atoms with E-state index in [1.165, 1.54) is 16.8 Å². The number of piperazine rings is 1. The number of benzene rings is 1. The lowest BCUT2D eigenvalue weighted by Crippen LogP contribution is -3.13. The topological polar surface area (TPSA) is 20.8 Å². The summed E-state index contributed by atoms with van der Waals surface area (Å²) >= 11 is 3.37. The van der Waals surface area contributed by atoms with Crippen LogP contribution in [0.5, 0.6) is 0 Å². The van der Waals surface area contributed by atoms with E-state index in [1.54, 1.807) is 4.90 Å². The molecule has 1 saturated heterocycles. The Labute approximate surface area is 134 Å². The zero-order chi connectivity index (χ0) is 14.8. The SMILES string of the molecule is Cc1cccc(N2CC[NH+](Cc3ccc(Br)o3)CC2)c1C. The highest BCUT2D eigenvalue weighted by Gasteiger charge is 2.22. The smallest absolute Gasteiger partial charge is 0.169 e. The van der Waals surface area contributed by atoms with E-state index in [0.717, 1.165) is 43.2 Å². The molecule has 0 amide bonds. The molecule has 2 aromatic rings. The first kappa shape index (κ1) is 14.7. The fourth-order valence-electron chi connectivity index (χ4n) is 3.01. The minimum Gasteiger partial charge on any atom is -0.448 e. The summed E-state index contributed by atoms with van der Waals surface area (Å²) in [5.74, 6) is 1.07. The van der Waals surface area contributed by atoms with Crippen molar-refractivity contribution in [3.8, 4) is 0 Å². The number of anilines is 1. The minimum atomic E-state index is 0.825. The van der Waals surface area contributed by atoms with Crippen LogP contribution in [-0.2, 0) is 6.54 Å². The van der Waals surface area contributed by atoms with Gasteiger partial charge in [0.05, 0.1) is 26.2 Å². The maximum atomic E-state index is 5.61. The van der Waals surface area contributed by atoms with E-state index >= 15 is 0 Å². The fraction of sp³-hybridized carbons (Fsp3) is 0.412. The third-order valence-electron chi connectivity index (χ3n) is 4.44. The Morgan fingerprint density at radius 1 is 1.14 bits per heavy atom. The molecular formula is C17H22BrN2O+. The van der Waals surface area contributed by atoms with Gasteiger partial charge in [0.2, 0.25) is 0 Å². The van der Waals surface area contributed by atoms with Crippen molar-refractivity contribution in [1.82, 2.24) is 0 Å². The monoisotopic (exact) mass is 349 g/mol. The van der Waals surface area contributed by atoms with E-state index in [1.807, 2.05) is 6.07 Å². The van der Waals surface area contributed by atoms with E-state index in [2.05, 4.69) is 58.9 Å². The van der Waals surface area contributed by atoms with Gasteiger partial charge in [-0.15, -0.1) is 0 Å². The Kier molecular flexibility index (Phi) is 4.36. The Balaban J connectivity index is 1.61. The quantitative estimate of drug-likeness (QED) is 0.919. The van der Waals surface area contributed by atoms with Crippen LogP contribution in [0, 0.1) is 13.8 Å². The number of quaternary nitrogens is 1. The van der Waals surface area contributed by atoms with Crippen LogP contribution in [0.15, 0.2) is 39.4 Å². The van der Waals surface area contributed by atoms with Crippen LogP contribution in [0.25, 0.3) is 0 Å². The van der Waals surface area contributed by atoms with Crippen molar-refractivity contribution in [1.29, 1.82) is 0 Å². The number of hydrogen-bond acceptors (Lipinski definition) is 2. The minimum absolute atomic E-state index is 0.825. The van der Waals surface area contributed by atoms with Crippen molar-refractivity contribution in [3.05, 3.63) is 51.9 Å². The summed E-state index contributed by atoms with van der Waals surface area (Å²) in [5, 5.41) is 0. The zero-order valence-electron chi connectivity index (χ0n) is 12.7. The second kappa shape index (κ2) is 6.24. The molecule has 1 aliphatic rings. The number of nitrogens with zero attached hydrogens (tertiary/aromatic N) is 1. The molecule has 1 N–H and O–H groups in total. The molecule has 0 saturated carbocycles. The first-order chi connectivity index (χ1) is 10.1. The van der Waals surface area contributed by atoms with Crippen LogP contribution < -0.4 is 9.80 Å². The number of nitrogens with one attached hydrogen (secondary N) is 1. The van der Waals surface area contributed by atoms with Gasteiger partial charge in [0.25, 0.3) is 0 Å². The molecule has 21 heavy (non-hydrogen) atoms. The summed E-state index contributed by atoms with van der Waals surface area (Å²) in [5.41, 5.74) is 4.19. The van der Waals surface area contributed by atoms with Crippen molar-refractivity contribution in [2.45, 2.75) is 20.4 Å². The lowest BCUT2D eigenvalue weighted by molar-refractivity contribution is -0.915. The van der Waals surface area contributed by atoms with E-state index in [4.69, 9.17) is 4.42 Å². The molecule has 1 aliphatic heterocycles. The molecule has 3 nitrogen and oxygen atoms in total. The molecule has 0 bridgehead atoms. The van der Waals surface area contributed by atoms with Crippen LogP contribution >= 0.6 is 15.9 Å². The lowest BCUT2D eigenvalue weighted by atomic mass is 10.1. The third-order valence-corrected chi connectivity index (χ3v) is 4.87. The molecule has 0 spiro atoms. The summed E-state index contributed by atoms with van der Waals surface area (Å²) in [6.45, 7) is 9.94. The molecule has 0 atom stereocenters. The summed E-state index contributed by atoms with van der Waals surface area (Å²) in [4.78, 5) is 4.11. The Bertz CT molecular complexity index is 615. The van der Waals surface area contributed by atoms with Gasteiger partial charge in [-0.2, -0.15) is 0 Å². The molecule has 112 valence electrons. The Morgan fingerprint density at radius 2 is 1.90 bits per heavy atom. The van der Waals surface area contributed by atoms with Crippen LogP contribution in [-0.4, -0.2) is 26.2 Å². The molecule has 1 aromatic carbocycles. The van der Waals surface area contributed by atoms with Gasteiger partial charge in [-0.3, -0.25) is 0 Å². The number of aryl methyl sites for hydroxylation is 1. The number of halogens is 1. The van der Waals surface area contributed by atoms with Crippen LogP contribution in [0.4, 0.5) is 5.69 Å². The average Bonchev–Trinajstić information content (AvgIpc) is 2.88. The van der Waals surface area contributed by atoms with Crippen LogP contribution in [0.2, 0.25) is 0 Å². The lowest BCUT2D eigenvalue weighted by Gasteiger charge is -2.34. The van der Waals surface area contributed by atoms with Crippen molar-refractivity contribution < 1.29 is 9.32 Å². The number of furan rings is 1. The molecule has 1 aromatic heterocycles. The number of hydrogen-bond donors (Lipinski definition) is 1. The van der Waals surface area contributed by atoms with Gasteiger partial charge in [-0.05, 0) is 59.1 Å². The molecule has 0 unspecified atom stereocenters. The van der Waals surface area contributed by atoms with Crippen molar-refractivity contribution in [2.24, 2.45) is 0 Å². The zero-order valence-corrected chi connectivity index (χ0v) is 14.2. The van der Waals surface area contributed by atoms with E-state index in [0.29, 0.717) is 0 Å². The normalized spacial score (nSPS) is 16.4. The van der Waals surface area contributed by atoms with Crippen molar-refractivity contribution in [2.75, 3.05) is 31.1 Å². The van der Waals surface area contributed by atoms with E-state index < -0.39 is 0 Å². The highest BCUT2D eigenvalue weighted by molar-refractivity contribution is 9.10. The molecule has 0 aliphatic carbocycles. The number of rotatable bonds is 3. The van der Waals surface area contributed by atoms with Gasteiger partial charge < -0.3 is 14.2 Å². The molecule has 2 heterocycles. The predicted molar refractivity (Wildman–Crippen MR) is 88.9 cm³/mol. The van der Waals surface area contributed by atoms with Gasteiger partial charge >= 0.3 is 0 Å². The van der Waals surface area contributed by atoms with Gasteiger partial charge in [-0.25, -0.2) is 0 Å². The van der Waals surface area contributed by atoms with Gasteiger partial charge in [0.15, 0.2) is 10.4 Å². The summed E-state index contributed by atoms with van der Waals surface area (Å²) in [6.07, 6.45) is 0. The Hall–Kier alpha value is -1.26. The predicted octanol–water partition coefficient (Wildman–Crippen LogP) is 2.56. The summed E-state index contributed by atoms with van der Waals surface area (Å²) < 4.78 is 6.44. The summed E-state index contributed by atoms with van der Waals surface area (Å²) in [6, 6.07) is 10.6. The van der Waals surface area contributed by atoms with Crippen LogP contribution in [0.3, 0.4) is 0 Å². The summed E-state index contributed by atoms with van der Waals surface area (Å²) in [7, 11) is 0. The largest absolute Gasteiger partial charge is 0.448 e. The maximum Gasteiger partial charge on any atom is 0.169 e. The fourth-order valence-corrected chi connectivity index (χ4v) is 3.35. The van der Waals surface area contributed by atoms with Crippen molar-refractivity contribution >= 4 is 21.6 Å². The van der Waals surface area contributed by atoms with Crippen LogP contribution in [0.1, 0.15) is 16.9 Å². The third kappa shape index (κ3) is 3.33. The average molecular weight is 350 g/mol. The van der Waals surface area contributed by atoms with Crippen molar-refractivity contribution in [3.63, 3.8) is 0 Å². The van der Waals surface area contributed by atoms with Gasteiger partial charge in [0.1, 0.15) is 6.54 Å². The highest BCUT2D eigenvalue weighted by atomic mass is 79.9. The second-order valence-corrected chi connectivity index (χ2v) is 6.62.